The molecule has 0 aliphatic carbocycles. The quantitative estimate of drug-likeness (QED) is 0.386. The minimum Gasteiger partial charge on any atom is -0.496 e. The van der Waals surface area contributed by atoms with Gasteiger partial charge in [0.05, 0.1) is 36.7 Å². The first-order valence-electron chi connectivity index (χ1n) is 8.89. The van der Waals surface area contributed by atoms with Gasteiger partial charge in [-0.05, 0) is 29.8 Å². The topological polar surface area (TPSA) is 107 Å². The molecular formula is C21H20N4O5. The van der Waals surface area contributed by atoms with Crippen LogP contribution in [-0.2, 0) is 20.9 Å². The summed E-state index contributed by atoms with van der Waals surface area (Å²) in [6.07, 6.45) is 7.96. The first kappa shape index (κ1) is 20.4. The van der Waals surface area contributed by atoms with Gasteiger partial charge < -0.3 is 24.1 Å². The van der Waals surface area contributed by atoms with Crippen molar-refractivity contribution in [2.75, 3.05) is 25.1 Å². The summed E-state index contributed by atoms with van der Waals surface area (Å²) in [7, 11) is 3.15. The number of amides is 1. The summed E-state index contributed by atoms with van der Waals surface area (Å²) in [6.45, 7) is 0. The number of oxazole rings is 1. The molecule has 0 saturated carbocycles. The molecule has 0 saturated heterocycles. The van der Waals surface area contributed by atoms with Gasteiger partial charge in [-0.2, -0.15) is 0 Å². The van der Waals surface area contributed by atoms with Crippen molar-refractivity contribution in [3.8, 4) is 29.3 Å². The second-order valence-corrected chi connectivity index (χ2v) is 5.94. The molecule has 154 valence electrons. The maximum atomic E-state index is 11.4. The van der Waals surface area contributed by atoms with Crippen LogP contribution in [0.15, 0.2) is 59.5 Å². The van der Waals surface area contributed by atoms with Gasteiger partial charge in [0.15, 0.2) is 24.4 Å². The van der Waals surface area contributed by atoms with Crippen molar-refractivity contribution in [3.63, 3.8) is 0 Å². The third-order valence-corrected chi connectivity index (χ3v) is 3.95. The van der Waals surface area contributed by atoms with Gasteiger partial charge in [0.1, 0.15) is 5.75 Å². The predicted molar refractivity (Wildman–Crippen MR) is 110 cm³/mol. The van der Waals surface area contributed by atoms with E-state index in [0.717, 1.165) is 11.1 Å². The monoisotopic (exact) mass is 408 g/mol. The lowest BCUT2D eigenvalue weighted by Gasteiger charge is -2.08. The van der Waals surface area contributed by atoms with Crippen LogP contribution in [0.25, 0.3) is 11.3 Å². The smallest absolute Gasteiger partial charge is 0.224 e. The summed E-state index contributed by atoms with van der Waals surface area (Å²) >= 11 is 0. The number of likely N-dealkylation sites (N-methyl/N-ethyl adjacent to an activating group) is 1. The van der Waals surface area contributed by atoms with E-state index in [1.165, 1.54) is 6.39 Å². The molecule has 0 atom stereocenters. The van der Waals surface area contributed by atoms with Gasteiger partial charge in [0, 0.05) is 13.1 Å². The number of ether oxygens (including phenoxy) is 1. The van der Waals surface area contributed by atoms with Crippen LogP contribution in [0.1, 0.15) is 5.56 Å². The van der Waals surface area contributed by atoms with Crippen molar-refractivity contribution in [1.29, 1.82) is 0 Å². The lowest BCUT2D eigenvalue weighted by Crippen LogP contribution is -2.19. The number of anilines is 2. The fraction of sp³-hybridized carbons (Fsp3) is 0.143. The van der Waals surface area contributed by atoms with E-state index in [9.17, 15) is 4.79 Å². The molecule has 0 fully saturated rings. The predicted octanol–water partition coefficient (Wildman–Crippen LogP) is 2.94. The van der Waals surface area contributed by atoms with Gasteiger partial charge in [0.25, 0.3) is 0 Å². The van der Waals surface area contributed by atoms with Crippen LogP contribution >= 0.6 is 0 Å². The summed E-state index contributed by atoms with van der Waals surface area (Å²) in [4.78, 5) is 25.4. The lowest BCUT2D eigenvalue weighted by atomic mass is 10.1. The van der Waals surface area contributed by atoms with Crippen LogP contribution in [0.2, 0.25) is 0 Å². The third kappa shape index (κ3) is 5.59. The number of carbonyl (C=O) groups is 1. The number of rotatable bonds is 8. The highest BCUT2D eigenvalue weighted by Crippen LogP contribution is 2.32. The average Bonchev–Trinajstić information content (AvgIpc) is 3.31. The Labute approximate surface area is 173 Å². The summed E-state index contributed by atoms with van der Waals surface area (Å²) in [6, 6.07) is 12.6. The maximum absolute atomic E-state index is 11.4. The molecule has 0 spiro atoms. The maximum Gasteiger partial charge on any atom is 0.224 e. The van der Waals surface area contributed by atoms with Crippen molar-refractivity contribution < 1.29 is 23.6 Å². The average molecular weight is 408 g/mol. The van der Waals surface area contributed by atoms with Crippen molar-refractivity contribution in [1.82, 2.24) is 10.3 Å². The van der Waals surface area contributed by atoms with Gasteiger partial charge in [0.2, 0.25) is 5.91 Å². The van der Waals surface area contributed by atoms with Crippen LogP contribution < -0.4 is 21.0 Å². The SMILES string of the molecule is CNC(=O)Cc1cccc(NOC#CONc2ccc(-c3cnco3)c(OC)c2)c1. The van der Waals surface area contributed by atoms with Gasteiger partial charge in [-0.1, -0.05) is 12.1 Å². The van der Waals surface area contributed by atoms with E-state index in [-0.39, 0.29) is 12.3 Å². The molecule has 0 radical (unpaired) electrons. The second kappa shape index (κ2) is 10.3. The number of hydrogen-bond donors (Lipinski definition) is 3. The number of benzene rings is 2. The first-order chi connectivity index (χ1) is 14.7. The van der Waals surface area contributed by atoms with Gasteiger partial charge in [-0.15, -0.1) is 0 Å². The molecule has 1 heterocycles. The molecule has 3 aromatic rings. The van der Waals surface area contributed by atoms with Gasteiger partial charge in [-0.3, -0.25) is 4.79 Å². The number of hydrogen-bond acceptors (Lipinski definition) is 8. The summed E-state index contributed by atoms with van der Waals surface area (Å²) in [5.41, 5.74) is 8.23. The molecular weight excluding hydrogens is 388 g/mol. The minimum absolute atomic E-state index is 0.0715. The highest BCUT2D eigenvalue weighted by atomic mass is 16.7. The van der Waals surface area contributed by atoms with Gasteiger partial charge >= 0.3 is 0 Å². The van der Waals surface area contributed by atoms with Crippen molar-refractivity contribution in [2.45, 2.75) is 6.42 Å². The van der Waals surface area contributed by atoms with Crippen LogP contribution in [-0.4, -0.2) is 25.0 Å². The highest BCUT2D eigenvalue weighted by molar-refractivity contribution is 5.78. The molecule has 0 bridgehead atoms. The van der Waals surface area contributed by atoms with E-state index < -0.39 is 0 Å². The van der Waals surface area contributed by atoms with Crippen molar-refractivity contribution in [3.05, 3.63) is 60.6 Å². The Morgan fingerprint density at radius 3 is 2.53 bits per heavy atom. The Hall–Kier alpha value is -4.32. The Morgan fingerprint density at radius 2 is 1.87 bits per heavy atom. The first-order valence-corrected chi connectivity index (χ1v) is 8.89. The largest absolute Gasteiger partial charge is 0.496 e. The van der Waals surface area contributed by atoms with Crippen LogP contribution in [0.5, 0.6) is 5.75 Å². The third-order valence-electron chi connectivity index (χ3n) is 3.95. The van der Waals surface area contributed by atoms with E-state index in [4.69, 9.17) is 18.8 Å². The number of nitrogens with zero attached hydrogens (tertiary/aromatic N) is 1. The Balaban J connectivity index is 1.49. The highest BCUT2D eigenvalue weighted by Gasteiger charge is 2.10. The fourth-order valence-corrected chi connectivity index (χ4v) is 2.54. The molecule has 1 amide bonds. The molecule has 0 aliphatic rings. The number of aromatic nitrogens is 1. The molecule has 30 heavy (non-hydrogen) atoms. The number of carbonyl (C=O) groups excluding carboxylic acids is 1. The Morgan fingerprint density at radius 1 is 1.10 bits per heavy atom. The summed E-state index contributed by atoms with van der Waals surface area (Å²) in [5.74, 6) is 1.11. The standard InChI is InChI=1S/C21H20N4O5/c1-22-21(26)11-15-4-3-5-16(10-15)24-29-8-9-30-25-17-6-7-18(19(12-17)27-2)20-13-23-14-28-20/h3-7,10,12-14,24-25H,11H2,1-2H3,(H,22,26). The van der Waals surface area contributed by atoms with Crippen molar-refractivity contribution in [2.24, 2.45) is 0 Å². The van der Waals surface area contributed by atoms with E-state index in [1.54, 1.807) is 44.6 Å². The number of methoxy groups -OCH3 is 1. The molecule has 3 N–H and O–H groups in total. The van der Waals surface area contributed by atoms with Crippen molar-refractivity contribution >= 4 is 17.3 Å². The summed E-state index contributed by atoms with van der Waals surface area (Å²) < 4.78 is 10.7. The molecule has 3 rings (SSSR count). The number of nitrogens with one attached hydrogen (secondary N) is 3. The molecule has 9 nitrogen and oxygen atoms in total. The zero-order chi connectivity index (χ0) is 21.2. The summed E-state index contributed by atoms with van der Waals surface area (Å²) in [5, 5.41) is 2.58. The van der Waals surface area contributed by atoms with E-state index in [2.05, 4.69) is 33.5 Å². The second-order valence-electron chi connectivity index (χ2n) is 5.94. The van der Waals surface area contributed by atoms with Gasteiger partial charge in [-0.25, -0.2) is 15.9 Å². The Bertz CT molecular complexity index is 1040. The zero-order valence-electron chi connectivity index (χ0n) is 16.4. The van der Waals surface area contributed by atoms with Crippen LogP contribution in [0, 0.1) is 12.2 Å². The minimum atomic E-state index is -0.0715. The van der Waals surface area contributed by atoms with Crippen LogP contribution in [0.3, 0.4) is 0 Å². The lowest BCUT2D eigenvalue weighted by molar-refractivity contribution is -0.119. The van der Waals surface area contributed by atoms with E-state index >= 15 is 0 Å². The molecule has 0 unspecified atom stereocenters. The van der Waals surface area contributed by atoms with E-state index in [0.29, 0.717) is 22.9 Å². The van der Waals surface area contributed by atoms with E-state index in [1.807, 2.05) is 18.2 Å². The molecule has 1 aromatic heterocycles. The Kier molecular flexibility index (Phi) is 7.00. The zero-order valence-corrected chi connectivity index (χ0v) is 16.4. The molecule has 9 heteroatoms. The molecule has 2 aromatic carbocycles. The fourth-order valence-electron chi connectivity index (χ4n) is 2.54. The normalized spacial score (nSPS) is 9.67. The van der Waals surface area contributed by atoms with Crippen LogP contribution in [0.4, 0.5) is 11.4 Å². The molecule has 0 aliphatic heterocycles.